The van der Waals surface area contributed by atoms with Gasteiger partial charge in [0.25, 0.3) is 0 Å². The van der Waals surface area contributed by atoms with Crippen molar-refractivity contribution in [3.63, 3.8) is 0 Å². The number of rotatable bonds is 6. The molecule has 2 rings (SSSR count). The van der Waals surface area contributed by atoms with E-state index in [0.29, 0.717) is 28.2 Å². The Morgan fingerprint density at radius 3 is 2.63 bits per heavy atom. The zero-order valence-corrected chi connectivity index (χ0v) is 11.9. The summed E-state index contributed by atoms with van der Waals surface area (Å²) in [6.07, 6.45) is 1.05. The molecule has 0 amide bonds. The van der Waals surface area contributed by atoms with Gasteiger partial charge in [0, 0.05) is 0 Å². The first-order chi connectivity index (χ1) is 9.20. The highest BCUT2D eigenvalue weighted by Gasteiger charge is 2.10. The summed E-state index contributed by atoms with van der Waals surface area (Å²) < 4.78 is 5.43. The predicted molar refractivity (Wildman–Crippen MR) is 76.0 cm³/mol. The highest BCUT2D eigenvalue weighted by Crippen LogP contribution is 2.31. The van der Waals surface area contributed by atoms with Crippen LogP contribution in [0, 0.1) is 0 Å². The van der Waals surface area contributed by atoms with Crippen molar-refractivity contribution in [2.45, 2.75) is 19.9 Å². The van der Waals surface area contributed by atoms with Crippen molar-refractivity contribution in [3.8, 4) is 0 Å². The van der Waals surface area contributed by atoms with Gasteiger partial charge in [-0.3, -0.25) is 0 Å². The van der Waals surface area contributed by atoms with Crippen molar-refractivity contribution in [1.82, 2.24) is 15.5 Å². The molecule has 0 saturated carbocycles. The summed E-state index contributed by atoms with van der Waals surface area (Å²) in [6, 6.07) is 5.50. The van der Waals surface area contributed by atoms with Gasteiger partial charge in [-0.25, -0.2) is 0 Å². The van der Waals surface area contributed by atoms with E-state index in [2.05, 4.69) is 27.8 Å². The Kier molecular flexibility index (Phi) is 5.01. The average molecular weight is 301 g/mol. The summed E-state index contributed by atoms with van der Waals surface area (Å²) in [6.45, 7) is 3.54. The van der Waals surface area contributed by atoms with E-state index in [4.69, 9.17) is 27.6 Å². The van der Waals surface area contributed by atoms with Crippen LogP contribution >= 0.6 is 23.2 Å². The summed E-state index contributed by atoms with van der Waals surface area (Å²) in [7, 11) is 0. The second-order valence-corrected chi connectivity index (χ2v) is 4.71. The van der Waals surface area contributed by atoms with Crippen LogP contribution in [0.25, 0.3) is 0 Å². The van der Waals surface area contributed by atoms with E-state index in [0.717, 1.165) is 13.0 Å². The highest BCUT2D eigenvalue weighted by atomic mass is 35.5. The molecule has 7 heteroatoms. The molecule has 0 unspecified atom stereocenters. The maximum atomic E-state index is 6.04. The maximum absolute atomic E-state index is 6.04. The summed E-state index contributed by atoms with van der Waals surface area (Å²) >= 11 is 12.1. The molecule has 2 N–H and O–H groups in total. The number of hydrogen-bond donors (Lipinski definition) is 2. The molecule has 1 heterocycles. The monoisotopic (exact) mass is 300 g/mol. The van der Waals surface area contributed by atoms with Crippen molar-refractivity contribution in [3.05, 3.63) is 34.1 Å². The zero-order valence-electron chi connectivity index (χ0n) is 10.4. The summed E-state index contributed by atoms with van der Waals surface area (Å²) in [5.41, 5.74) is 0.558. The van der Waals surface area contributed by atoms with Gasteiger partial charge < -0.3 is 15.1 Å². The van der Waals surface area contributed by atoms with Crippen molar-refractivity contribution in [1.29, 1.82) is 0 Å². The second-order valence-electron chi connectivity index (χ2n) is 3.90. The fraction of sp³-hybridized carbons (Fsp3) is 0.333. The van der Waals surface area contributed by atoms with Crippen LogP contribution in [-0.4, -0.2) is 16.7 Å². The number of benzene rings is 1. The third-order valence-corrected chi connectivity index (χ3v) is 2.99. The molecular weight excluding hydrogens is 287 g/mol. The Labute approximate surface area is 121 Å². The fourth-order valence-corrected chi connectivity index (χ4v) is 1.96. The number of nitrogens with one attached hydrogen (secondary N) is 2. The molecule has 0 aliphatic heterocycles. The molecule has 0 saturated heterocycles. The summed E-state index contributed by atoms with van der Waals surface area (Å²) in [5.74, 6) is 0.513. The standard InChI is InChI=1S/C12H14Cl2N4O/c1-2-6-15-7-10-17-18-12(19-10)16-11-8(13)4-3-5-9(11)14/h3-5,15H,2,6-7H2,1H3,(H,16,18). The number of anilines is 2. The number of aromatic nitrogens is 2. The van der Waals surface area contributed by atoms with Crippen LogP contribution in [0.4, 0.5) is 11.7 Å². The van der Waals surface area contributed by atoms with Gasteiger partial charge >= 0.3 is 6.01 Å². The molecule has 2 aromatic rings. The van der Waals surface area contributed by atoms with Crippen LogP contribution in [0.2, 0.25) is 10.0 Å². The zero-order chi connectivity index (χ0) is 13.7. The van der Waals surface area contributed by atoms with E-state index in [-0.39, 0.29) is 6.01 Å². The smallest absolute Gasteiger partial charge is 0.320 e. The molecule has 1 aromatic heterocycles. The molecule has 0 aliphatic carbocycles. The predicted octanol–water partition coefficient (Wildman–Crippen LogP) is 3.62. The Balaban J connectivity index is 2.03. The van der Waals surface area contributed by atoms with Crippen LogP contribution in [-0.2, 0) is 6.54 Å². The van der Waals surface area contributed by atoms with Crippen molar-refractivity contribution < 1.29 is 4.42 Å². The molecular formula is C12H14Cl2N4O. The Morgan fingerprint density at radius 1 is 1.21 bits per heavy atom. The van der Waals surface area contributed by atoms with Crippen molar-refractivity contribution in [2.24, 2.45) is 0 Å². The van der Waals surface area contributed by atoms with Gasteiger partial charge in [-0.2, -0.15) is 0 Å². The molecule has 1 aromatic carbocycles. The first-order valence-electron chi connectivity index (χ1n) is 5.95. The summed E-state index contributed by atoms with van der Waals surface area (Å²) in [5, 5.41) is 14.9. The van der Waals surface area contributed by atoms with E-state index in [1.165, 1.54) is 0 Å². The molecule has 5 nitrogen and oxygen atoms in total. The van der Waals surface area contributed by atoms with E-state index in [9.17, 15) is 0 Å². The third-order valence-electron chi connectivity index (χ3n) is 2.36. The van der Waals surface area contributed by atoms with Crippen LogP contribution in [0.15, 0.2) is 22.6 Å². The SMILES string of the molecule is CCCNCc1nnc(Nc2c(Cl)cccc2Cl)o1. The third kappa shape index (κ3) is 3.83. The molecule has 0 radical (unpaired) electrons. The van der Waals surface area contributed by atoms with Crippen LogP contribution in [0.1, 0.15) is 19.2 Å². The largest absolute Gasteiger partial charge is 0.406 e. The average Bonchev–Trinajstić information content (AvgIpc) is 2.82. The molecule has 0 aliphatic rings. The lowest BCUT2D eigenvalue weighted by atomic mass is 10.3. The molecule has 0 fully saturated rings. The van der Waals surface area contributed by atoms with Crippen molar-refractivity contribution >= 4 is 34.9 Å². The molecule has 102 valence electrons. The number of halogens is 2. The molecule has 0 atom stereocenters. The van der Waals surface area contributed by atoms with Gasteiger partial charge in [0.05, 0.1) is 22.3 Å². The van der Waals surface area contributed by atoms with Gasteiger partial charge in [-0.15, -0.1) is 5.10 Å². The minimum absolute atomic E-state index is 0.267. The van der Waals surface area contributed by atoms with Gasteiger partial charge in [-0.1, -0.05) is 41.3 Å². The van der Waals surface area contributed by atoms with Gasteiger partial charge in [-0.05, 0) is 25.1 Å². The molecule has 0 spiro atoms. The Morgan fingerprint density at radius 2 is 1.95 bits per heavy atom. The van der Waals surface area contributed by atoms with Gasteiger partial charge in [0.1, 0.15) is 0 Å². The molecule has 0 bridgehead atoms. The van der Waals surface area contributed by atoms with E-state index in [1.54, 1.807) is 18.2 Å². The lowest BCUT2D eigenvalue weighted by Gasteiger charge is -2.05. The lowest BCUT2D eigenvalue weighted by molar-refractivity contribution is 0.479. The summed E-state index contributed by atoms with van der Waals surface area (Å²) in [4.78, 5) is 0. The maximum Gasteiger partial charge on any atom is 0.320 e. The second kappa shape index (κ2) is 6.75. The number of nitrogens with zero attached hydrogens (tertiary/aromatic N) is 2. The fourth-order valence-electron chi connectivity index (χ4n) is 1.47. The van der Waals surface area contributed by atoms with Gasteiger partial charge in [0.2, 0.25) is 5.89 Å². The minimum atomic E-state index is 0.267. The number of para-hydroxylation sites is 1. The topological polar surface area (TPSA) is 63.0 Å². The Hall–Kier alpha value is -1.30. The normalized spacial score (nSPS) is 10.7. The van der Waals surface area contributed by atoms with E-state index in [1.807, 2.05) is 0 Å². The Bertz CT molecular complexity index is 524. The van der Waals surface area contributed by atoms with E-state index >= 15 is 0 Å². The lowest BCUT2D eigenvalue weighted by Crippen LogP contribution is -2.13. The van der Waals surface area contributed by atoms with E-state index < -0.39 is 0 Å². The highest BCUT2D eigenvalue weighted by molar-refractivity contribution is 6.39. The minimum Gasteiger partial charge on any atom is -0.406 e. The van der Waals surface area contributed by atoms with Crippen LogP contribution < -0.4 is 10.6 Å². The first-order valence-corrected chi connectivity index (χ1v) is 6.70. The molecule has 19 heavy (non-hydrogen) atoms. The van der Waals surface area contributed by atoms with Crippen LogP contribution in [0.3, 0.4) is 0 Å². The number of hydrogen-bond acceptors (Lipinski definition) is 5. The van der Waals surface area contributed by atoms with Crippen LogP contribution in [0.5, 0.6) is 0 Å². The van der Waals surface area contributed by atoms with Crippen molar-refractivity contribution in [2.75, 3.05) is 11.9 Å². The first kappa shape index (κ1) is 14.1. The quantitative estimate of drug-likeness (QED) is 0.798. The van der Waals surface area contributed by atoms with Gasteiger partial charge in [0.15, 0.2) is 0 Å².